The molecule has 2 nitrogen and oxygen atoms in total. The molecule has 2 heteroatoms. The number of ether oxygens (including phenoxy) is 1. The van der Waals surface area contributed by atoms with Crippen LogP contribution >= 0.6 is 0 Å². The second kappa shape index (κ2) is 3.60. The number of hydrogen-bond acceptors (Lipinski definition) is 2. The van der Waals surface area contributed by atoms with Crippen molar-refractivity contribution in [3.8, 4) is 0 Å². The SMILES string of the molecule is CCN1CC=C(C(C)(C)C)[C@@]12CCOC2. The lowest BCUT2D eigenvalue weighted by molar-refractivity contribution is 0.107. The van der Waals surface area contributed by atoms with Gasteiger partial charge in [0.05, 0.1) is 12.1 Å². The van der Waals surface area contributed by atoms with Crippen LogP contribution in [-0.4, -0.2) is 36.7 Å². The summed E-state index contributed by atoms with van der Waals surface area (Å²) in [5.41, 5.74) is 2.10. The minimum atomic E-state index is 0.229. The second-order valence-corrected chi connectivity index (χ2v) is 5.74. The first kappa shape index (κ1) is 11.2. The molecule has 0 N–H and O–H groups in total. The molecule has 0 aromatic carbocycles. The highest BCUT2D eigenvalue weighted by molar-refractivity contribution is 5.33. The maximum Gasteiger partial charge on any atom is 0.0690 e. The first-order chi connectivity index (χ1) is 7.00. The zero-order valence-electron chi connectivity index (χ0n) is 10.5. The highest BCUT2D eigenvalue weighted by Crippen LogP contribution is 2.45. The molecule has 0 unspecified atom stereocenters. The summed E-state index contributed by atoms with van der Waals surface area (Å²) in [5, 5.41) is 0. The van der Waals surface area contributed by atoms with Crippen molar-refractivity contribution in [1.82, 2.24) is 4.90 Å². The van der Waals surface area contributed by atoms with Crippen LogP contribution in [0.25, 0.3) is 0 Å². The van der Waals surface area contributed by atoms with Gasteiger partial charge in [-0.25, -0.2) is 0 Å². The molecule has 0 saturated carbocycles. The van der Waals surface area contributed by atoms with E-state index in [2.05, 4.69) is 38.7 Å². The van der Waals surface area contributed by atoms with E-state index in [-0.39, 0.29) is 11.0 Å². The fourth-order valence-corrected chi connectivity index (χ4v) is 3.19. The topological polar surface area (TPSA) is 12.5 Å². The van der Waals surface area contributed by atoms with E-state index >= 15 is 0 Å². The van der Waals surface area contributed by atoms with Crippen LogP contribution in [-0.2, 0) is 4.74 Å². The Kier molecular flexibility index (Phi) is 2.68. The Labute approximate surface area is 93.3 Å². The molecule has 1 atom stereocenters. The molecule has 0 amide bonds. The summed E-state index contributed by atoms with van der Waals surface area (Å²) in [6.07, 6.45) is 3.60. The third-order valence-electron chi connectivity index (χ3n) is 3.81. The van der Waals surface area contributed by atoms with E-state index in [4.69, 9.17) is 4.74 Å². The summed E-state index contributed by atoms with van der Waals surface area (Å²) in [4.78, 5) is 2.57. The predicted molar refractivity (Wildman–Crippen MR) is 63.0 cm³/mol. The summed E-state index contributed by atoms with van der Waals surface area (Å²) in [5.74, 6) is 0. The van der Waals surface area contributed by atoms with Gasteiger partial charge in [-0.05, 0) is 24.0 Å². The maximum absolute atomic E-state index is 5.66. The van der Waals surface area contributed by atoms with Crippen LogP contribution in [0, 0.1) is 5.41 Å². The van der Waals surface area contributed by atoms with Crippen molar-refractivity contribution in [2.45, 2.75) is 39.7 Å². The highest BCUT2D eigenvalue weighted by Gasteiger charge is 2.49. The lowest BCUT2D eigenvalue weighted by Gasteiger charge is -2.40. The van der Waals surface area contributed by atoms with Gasteiger partial charge >= 0.3 is 0 Å². The van der Waals surface area contributed by atoms with Gasteiger partial charge in [0.25, 0.3) is 0 Å². The molecular weight excluding hydrogens is 186 g/mol. The molecule has 1 spiro atoms. The van der Waals surface area contributed by atoms with Crippen LogP contribution in [0.15, 0.2) is 11.6 Å². The lowest BCUT2D eigenvalue weighted by atomic mass is 9.74. The summed E-state index contributed by atoms with van der Waals surface area (Å²) in [7, 11) is 0. The largest absolute Gasteiger partial charge is 0.379 e. The fraction of sp³-hybridized carbons (Fsp3) is 0.846. The van der Waals surface area contributed by atoms with Gasteiger partial charge in [0.15, 0.2) is 0 Å². The Morgan fingerprint density at radius 1 is 1.47 bits per heavy atom. The van der Waals surface area contributed by atoms with Gasteiger partial charge in [0.1, 0.15) is 0 Å². The molecule has 2 aliphatic heterocycles. The Morgan fingerprint density at radius 3 is 2.67 bits per heavy atom. The molecule has 0 aromatic rings. The van der Waals surface area contributed by atoms with Crippen molar-refractivity contribution in [3.63, 3.8) is 0 Å². The molecule has 86 valence electrons. The van der Waals surface area contributed by atoms with Gasteiger partial charge in [-0.1, -0.05) is 33.8 Å². The third kappa shape index (κ3) is 1.64. The van der Waals surface area contributed by atoms with E-state index in [9.17, 15) is 0 Å². The second-order valence-electron chi connectivity index (χ2n) is 5.74. The normalized spacial score (nSPS) is 32.7. The Hall–Kier alpha value is -0.340. The molecule has 0 aliphatic carbocycles. The summed E-state index contributed by atoms with van der Waals surface area (Å²) in [6.45, 7) is 13.2. The smallest absolute Gasteiger partial charge is 0.0690 e. The van der Waals surface area contributed by atoms with Crippen molar-refractivity contribution in [2.75, 3.05) is 26.3 Å². The first-order valence-electron chi connectivity index (χ1n) is 6.04. The molecule has 2 rings (SSSR count). The van der Waals surface area contributed by atoms with Crippen molar-refractivity contribution in [2.24, 2.45) is 5.41 Å². The summed E-state index contributed by atoms with van der Waals surface area (Å²) in [6, 6.07) is 0. The standard InChI is InChI=1S/C13H23NO/c1-5-14-8-6-11(12(2,3)4)13(14)7-9-15-10-13/h6H,5,7-10H2,1-4H3/t13-/m0/s1. The minimum absolute atomic E-state index is 0.229. The van der Waals surface area contributed by atoms with Crippen molar-refractivity contribution >= 4 is 0 Å². The average molecular weight is 209 g/mol. The van der Waals surface area contributed by atoms with E-state index in [1.165, 1.54) is 6.42 Å². The third-order valence-corrected chi connectivity index (χ3v) is 3.81. The van der Waals surface area contributed by atoms with Gasteiger partial charge in [0, 0.05) is 13.2 Å². The van der Waals surface area contributed by atoms with Gasteiger partial charge in [-0.15, -0.1) is 0 Å². The van der Waals surface area contributed by atoms with Crippen LogP contribution in [0.5, 0.6) is 0 Å². The molecule has 0 radical (unpaired) electrons. The molecule has 2 aliphatic rings. The molecule has 2 heterocycles. The molecule has 1 saturated heterocycles. The zero-order valence-corrected chi connectivity index (χ0v) is 10.5. The summed E-state index contributed by atoms with van der Waals surface area (Å²) < 4.78 is 5.66. The number of nitrogens with zero attached hydrogens (tertiary/aromatic N) is 1. The Balaban J connectivity index is 2.32. The molecular formula is C13H23NO. The summed E-state index contributed by atoms with van der Waals surface area (Å²) >= 11 is 0. The van der Waals surface area contributed by atoms with Crippen molar-refractivity contribution in [3.05, 3.63) is 11.6 Å². The molecule has 15 heavy (non-hydrogen) atoms. The maximum atomic E-state index is 5.66. The van der Waals surface area contributed by atoms with Gasteiger partial charge in [-0.2, -0.15) is 0 Å². The quantitative estimate of drug-likeness (QED) is 0.615. The number of likely N-dealkylation sites (N-methyl/N-ethyl adjacent to an activating group) is 1. The Bertz CT molecular complexity index is 269. The van der Waals surface area contributed by atoms with E-state index < -0.39 is 0 Å². The zero-order chi connectivity index (χ0) is 11.1. The molecule has 0 aromatic heterocycles. The predicted octanol–water partition coefficient (Wildman–Crippen LogP) is 2.45. The van der Waals surface area contributed by atoms with Gasteiger partial charge in [-0.3, -0.25) is 4.90 Å². The molecule has 1 fully saturated rings. The fourth-order valence-electron chi connectivity index (χ4n) is 3.19. The van der Waals surface area contributed by atoms with Crippen molar-refractivity contribution < 1.29 is 4.74 Å². The molecule has 0 bridgehead atoms. The van der Waals surface area contributed by atoms with Crippen LogP contribution in [0.3, 0.4) is 0 Å². The number of rotatable bonds is 1. The van der Waals surface area contributed by atoms with E-state index in [1.807, 2.05) is 0 Å². The minimum Gasteiger partial charge on any atom is -0.379 e. The van der Waals surface area contributed by atoms with E-state index in [0.29, 0.717) is 0 Å². The van der Waals surface area contributed by atoms with Crippen LogP contribution in [0.1, 0.15) is 34.1 Å². The number of hydrogen-bond donors (Lipinski definition) is 0. The lowest BCUT2D eigenvalue weighted by Crippen LogP contribution is -2.49. The van der Waals surface area contributed by atoms with E-state index in [1.54, 1.807) is 5.57 Å². The average Bonchev–Trinajstić information content (AvgIpc) is 2.73. The first-order valence-corrected chi connectivity index (χ1v) is 6.04. The van der Waals surface area contributed by atoms with Crippen LogP contribution in [0.2, 0.25) is 0 Å². The Morgan fingerprint density at radius 2 is 2.20 bits per heavy atom. The van der Waals surface area contributed by atoms with Crippen LogP contribution in [0.4, 0.5) is 0 Å². The monoisotopic (exact) mass is 209 g/mol. The highest BCUT2D eigenvalue weighted by atomic mass is 16.5. The van der Waals surface area contributed by atoms with Crippen molar-refractivity contribution in [1.29, 1.82) is 0 Å². The van der Waals surface area contributed by atoms with E-state index in [0.717, 1.165) is 26.3 Å². The van der Waals surface area contributed by atoms with Gasteiger partial charge in [0.2, 0.25) is 0 Å². The van der Waals surface area contributed by atoms with Crippen LogP contribution < -0.4 is 0 Å². The van der Waals surface area contributed by atoms with Gasteiger partial charge < -0.3 is 4.74 Å².